The van der Waals surface area contributed by atoms with Gasteiger partial charge in [0.2, 0.25) is 0 Å². The Kier molecular flexibility index (Phi) is 7.48. The lowest BCUT2D eigenvalue weighted by molar-refractivity contribution is -0.143. The average molecular weight is 398 g/mol. The zero-order valence-corrected chi connectivity index (χ0v) is 16.2. The Morgan fingerprint density at radius 3 is 2.25 bits per heavy atom. The van der Waals surface area contributed by atoms with Gasteiger partial charge in [-0.25, -0.2) is 9.59 Å². The van der Waals surface area contributed by atoms with E-state index in [1.54, 1.807) is 20.8 Å². The van der Waals surface area contributed by atoms with E-state index in [2.05, 4.69) is 21.2 Å². The van der Waals surface area contributed by atoms with E-state index in [-0.39, 0.29) is 5.92 Å². The number of allylic oxidation sites excluding steroid dienone is 1. The zero-order chi connectivity index (χ0) is 18.3. The standard InChI is InChI=1S/C18H24BrNO4/c1-6-7-14(12-8-10-13(19)11-9-12)15(16(21)23-5)20-17(22)24-18(2,3)4/h6-11,14-15H,1-5H3,(H,20,22)/t14-,15?/m0/s1. The molecule has 2 atom stereocenters. The van der Waals surface area contributed by atoms with Crippen molar-refractivity contribution in [1.82, 2.24) is 5.32 Å². The van der Waals surface area contributed by atoms with E-state index in [4.69, 9.17) is 9.47 Å². The van der Waals surface area contributed by atoms with E-state index in [1.807, 2.05) is 43.3 Å². The molecule has 1 amide bonds. The van der Waals surface area contributed by atoms with Gasteiger partial charge in [0, 0.05) is 10.4 Å². The quantitative estimate of drug-likeness (QED) is 0.597. The SMILES string of the molecule is CC=C[C@@H](c1ccc(Br)cc1)C(NC(=O)OC(C)(C)C)C(=O)OC. The summed E-state index contributed by atoms with van der Waals surface area (Å²) in [7, 11) is 1.29. The lowest BCUT2D eigenvalue weighted by Gasteiger charge is -2.26. The van der Waals surface area contributed by atoms with Crippen LogP contribution in [0.3, 0.4) is 0 Å². The third-order valence-electron chi connectivity index (χ3n) is 3.14. The van der Waals surface area contributed by atoms with Crippen LogP contribution in [0.5, 0.6) is 0 Å². The van der Waals surface area contributed by atoms with Crippen molar-refractivity contribution >= 4 is 28.0 Å². The van der Waals surface area contributed by atoms with Gasteiger partial charge in [0.05, 0.1) is 7.11 Å². The van der Waals surface area contributed by atoms with Crippen LogP contribution in [0.4, 0.5) is 4.79 Å². The summed E-state index contributed by atoms with van der Waals surface area (Å²) in [6.45, 7) is 7.14. The number of carbonyl (C=O) groups excluding carboxylic acids is 2. The molecular formula is C18H24BrNO4. The zero-order valence-electron chi connectivity index (χ0n) is 14.6. The number of halogens is 1. The van der Waals surface area contributed by atoms with Crippen LogP contribution < -0.4 is 5.32 Å². The highest BCUT2D eigenvalue weighted by Crippen LogP contribution is 2.25. The molecule has 5 nitrogen and oxygen atoms in total. The maximum absolute atomic E-state index is 12.2. The van der Waals surface area contributed by atoms with Gasteiger partial charge in [-0.3, -0.25) is 0 Å². The molecule has 1 aromatic rings. The summed E-state index contributed by atoms with van der Waals surface area (Å²) in [5.41, 5.74) is 0.223. The fourth-order valence-electron chi connectivity index (χ4n) is 2.16. The average Bonchev–Trinajstić information content (AvgIpc) is 2.49. The van der Waals surface area contributed by atoms with Crippen LogP contribution in [0.1, 0.15) is 39.2 Å². The Balaban J connectivity index is 3.12. The van der Waals surface area contributed by atoms with E-state index in [0.29, 0.717) is 0 Å². The topological polar surface area (TPSA) is 64.6 Å². The number of esters is 1. The molecule has 0 aliphatic heterocycles. The van der Waals surface area contributed by atoms with Crippen molar-refractivity contribution < 1.29 is 19.1 Å². The molecule has 0 saturated heterocycles. The largest absolute Gasteiger partial charge is 0.467 e. The van der Waals surface area contributed by atoms with Crippen LogP contribution in [0.15, 0.2) is 40.9 Å². The molecule has 0 fully saturated rings. The van der Waals surface area contributed by atoms with Crippen LogP contribution in [0, 0.1) is 0 Å². The summed E-state index contributed by atoms with van der Waals surface area (Å²) in [4.78, 5) is 24.3. The summed E-state index contributed by atoms with van der Waals surface area (Å²) >= 11 is 3.39. The second-order valence-electron chi connectivity index (χ2n) is 6.25. The van der Waals surface area contributed by atoms with E-state index < -0.39 is 23.7 Å². The molecule has 0 aromatic heterocycles. The Bertz CT molecular complexity index is 590. The molecule has 1 N–H and O–H groups in total. The normalized spacial score (nSPS) is 14.1. The fourth-order valence-corrected chi connectivity index (χ4v) is 2.43. The van der Waals surface area contributed by atoms with Gasteiger partial charge in [0.1, 0.15) is 11.6 Å². The van der Waals surface area contributed by atoms with Gasteiger partial charge in [-0.05, 0) is 45.4 Å². The van der Waals surface area contributed by atoms with E-state index in [1.165, 1.54) is 7.11 Å². The van der Waals surface area contributed by atoms with E-state index in [9.17, 15) is 9.59 Å². The monoisotopic (exact) mass is 397 g/mol. The molecule has 24 heavy (non-hydrogen) atoms. The fraction of sp³-hybridized carbons (Fsp3) is 0.444. The van der Waals surface area contributed by atoms with Gasteiger partial charge in [-0.2, -0.15) is 0 Å². The third-order valence-corrected chi connectivity index (χ3v) is 3.67. The minimum atomic E-state index is -0.887. The molecule has 1 rings (SSSR count). The van der Waals surface area contributed by atoms with Crippen LogP contribution in [-0.4, -0.2) is 30.8 Å². The molecule has 0 radical (unpaired) electrons. The molecule has 1 aromatic carbocycles. The number of methoxy groups -OCH3 is 1. The minimum absolute atomic E-state index is 0.372. The first-order valence-corrected chi connectivity index (χ1v) is 8.43. The van der Waals surface area contributed by atoms with Gasteiger partial charge in [0.15, 0.2) is 0 Å². The highest BCUT2D eigenvalue weighted by molar-refractivity contribution is 9.10. The molecule has 0 aliphatic rings. The van der Waals surface area contributed by atoms with Crippen LogP contribution in [0.2, 0.25) is 0 Å². The molecule has 132 valence electrons. The van der Waals surface area contributed by atoms with Gasteiger partial charge in [-0.1, -0.05) is 40.2 Å². The lowest BCUT2D eigenvalue weighted by atomic mass is 9.91. The third kappa shape index (κ3) is 6.35. The summed E-state index contributed by atoms with van der Waals surface area (Å²) in [5, 5.41) is 2.62. The Morgan fingerprint density at radius 1 is 1.21 bits per heavy atom. The highest BCUT2D eigenvalue weighted by Gasteiger charge is 2.32. The maximum Gasteiger partial charge on any atom is 0.408 e. The summed E-state index contributed by atoms with van der Waals surface area (Å²) in [6.07, 6.45) is 3.02. The van der Waals surface area contributed by atoms with E-state index >= 15 is 0 Å². The number of benzene rings is 1. The van der Waals surface area contributed by atoms with Crippen LogP contribution in [0.25, 0.3) is 0 Å². The Labute approximate surface area is 151 Å². The molecule has 0 spiro atoms. The molecule has 0 saturated carbocycles. The lowest BCUT2D eigenvalue weighted by Crippen LogP contribution is -2.47. The smallest absolute Gasteiger partial charge is 0.408 e. The minimum Gasteiger partial charge on any atom is -0.467 e. The van der Waals surface area contributed by atoms with Crippen molar-refractivity contribution in [2.75, 3.05) is 7.11 Å². The number of rotatable bonds is 5. The molecule has 6 heteroatoms. The first-order chi connectivity index (χ1) is 11.2. The first kappa shape index (κ1) is 20.2. The number of nitrogens with one attached hydrogen (secondary N) is 1. The Morgan fingerprint density at radius 2 is 1.79 bits per heavy atom. The first-order valence-electron chi connectivity index (χ1n) is 7.63. The second kappa shape index (κ2) is 8.87. The molecule has 1 unspecified atom stereocenters. The van der Waals surface area contributed by atoms with Crippen molar-refractivity contribution in [1.29, 1.82) is 0 Å². The van der Waals surface area contributed by atoms with Gasteiger partial charge >= 0.3 is 12.1 Å². The van der Waals surface area contributed by atoms with Crippen molar-refractivity contribution in [2.24, 2.45) is 0 Å². The van der Waals surface area contributed by atoms with Crippen molar-refractivity contribution in [3.8, 4) is 0 Å². The number of hydrogen-bond acceptors (Lipinski definition) is 4. The van der Waals surface area contributed by atoms with Crippen LogP contribution >= 0.6 is 15.9 Å². The van der Waals surface area contributed by atoms with Crippen molar-refractivity contribution in [3.63, 3.8) is 0 Å². The summed E-state index contributed by atoms with van der Waals surface area (Å²) in [5.74, 6) is -0.907. The van der Waals surface area contributed by atoms with Crippen molar-refractivity contribution in [2.45, 2.75) is 45.3 Å². The number of carbonyl (C=O) groups is 2. The second-order valence-corrected chi connectivity index (χ2v) is 7.17. The number of hydrogen-bond donors (Lipinski definition) is 1. The number of amides is 1. The molecule has 0 heterocycles. The van der Waals surface area contributed by atoms with Crippen molar-refractivity contribution in [3.05, 3.63) is 46.5 Å². The van der Waals surface area contributed by atoms with Gasteiger partial charge in [-0.15, -0.1) is 0 Å². The van der Waals surface area contributed by atoms with Crippen LogP contribution in [-0.2, 0) is 14.3 Å². The summed E-state index contributed by atoms with van der Waals surface area (Å²) < 4.78 is 11.1. The van der Waals surface area contributed by atoms with Gasteiger partial charge < -0.3 is 14.8 Å². The number of alkyl carbamates (subject to hydrolysis) is 1. The van der Waals surface area contributed by atoms with Gasteiger partial charge in [0.25, 0.3) is 0 Å². The molecular weight excluding hydrogens is 374 g/mol. The molecule has 0 bridgehead atoms. The number of ether oxygens (including phenoxy) is 2. The van der Waals surface area contributed by atoms with E-state index in [0.717, 1.165) is 10.0 Å². The maximum atomic E-state index is 12.2. The predicted octanol–water partition coefficient (Wildman–Crippen LogP) is 4.18. The predicted molar refractivity (Wildman–Crippen MR) is 96.9 cm³/mol. The molecule has 0 aliphatic carbocycles. The Hall–Kier alpha value is -1.82. The summed E-state index contributed by atoms with van der Waals surface area (Å²) in [6, 6.07) is 6.66. The highest BCUT2D eigenvalue weighted by atomic mass is 79.9.